The van der Waals surface area contributed by atoms with Crippen molar-refractivity contribution in [3.63, 3.8) is 0 Å². The highest BCUT2D eigenvalue weighted by Gasteiger charge is 2.45. The second-order valence-corrected chi connectivity index (χ2v) is 21.8. The third-order valence-electron chi connectivity index (χ3n) is 13.9. The molecule has 0 saturated carbocycles. The molecule has 2 heterocycles. The van der Waals surface area contributed by atoms with E-state index < -0.39 is 34.5 Å². The number of benzene rings is 8. The van der Waals surface area contributed by atoms with Gasteiger partial charge in [-0.1, -0.05) is 231 Å². The third-order valence-corrected chi connectivity index (χ3v) is 13.9. The minimum absolute atomic E-state index is 0.0903. The van der Waals surface area contributed by atoms with Crippen LogP contribution in [0.5, 0.6) is 0 Å². The van der Waals surface area contributed by atoms with Gasteiger partial charge in [-0.15, -0.1) is 5.10 Å². The predicted octanol–water partition coefficient (Wildman–Crippen LogP) is 12.8. The van der Waals surface area contributed by atoms with Crippen molar-refractivity contribution < 1.29 is 23.6 Å². The van der Waals surface area contributed by atoms with Gasteiger partial charge in [-0.05, 0) is 85.3 Å². The number of tetrazole rings is 1. The Morgan fingerprint density at radius 1 is 0.519 bits per heavy atom. The Bertz CT molecular complexity index is 3500. The van der Waals surface area contributed by atoms with E-state index >= 15 is 0 Å². The first kappa shape index (κ1) is 54.6. The first-order valence-electron chi connectivity index (χ1n) is 27.2. The highest BCUT2D eigenvalue weighted by Crippen LogP contribution is 2.44. The molecule has 0 aliphatic carbocycles. The summed E-state index contributed by atoms with van der Waals surface area (Å²) >= 11 is 0. The molecular formula is C68H66N9O4+. The minimum atomic E-state index is -0.930. The molecule has 81 heavy (non-hydrogen) atoms. The van der Waals surface area contributed by atoms with Gasteiger partial charge in [0, 0.05) is 28.7 Å². The van der Waals surface area contributed by atoms with Gasteiger partial charge in [0.15, 0.2) is 11.4 Å². The fraction of sp³-hybridized carbons (Fsp3) is 0.191. The number of amides is 2. The molecule has 2 aromatic heterocycles. The Morgan fingerprint density at radius 2 is 0.926 bits per heavy atom. The number of hydrogen-bond acceptors (Lipinski definition) is 8. The number of aromatic nitrogens is 6. The van der Waals surface area contributed by atoms with Gasteiger partial charge in [-0.3, -0.25) is 15.6 Å². The summed E-state index contributed by atoms with van der Waals surface area (Å²) in [5, 5.41) is 19.3. The van der Waals surface area contributed by atoms with Crippen LogP contribution in [0.25, 0.3) is 22.5 Å². The predicted molar refractivity (Wildman–Crippen MR) is 316 cm³/mol. The van der Waals surface area contributed by atoms with Crippen LogP contribution in [0, 0.1) is 0 Å². The summed E-state index contributed by atoms with van der Waals surface area (Å²) in [5.41, 5.74) is 7.75. The fourth-order valence-corrected chi connectivity index (χ4v) is 10.6. The molecule has 10 aromatic rings. The van der Waals surface area contributed by atoms with Crippen molar-refractivity contribution in [2.24, 2.45) is 4.99 Å². The second kappa shape index (κ2) is 23.7. The highest BCUT2D eigenvalue weighted by atomic mass is 16.6. The Kier molecular flexibility index (Phi) is 16.0. The van der Waals surface area contributed by atoms with Gasteiger partial charge >= 0.3 is 12.2 Å². The van der Waals surface area contributed by atoms with Crippen molar-refractivity contribution in [1.82, 2.24) is 35.4 Å². The zero-order valence-electron chi connectivity index (χ0n) is 46.5. The number of imidazole rings is 1. The van der Waals surface area contributed by atoms with Gasteiger partial charge in [0.25, 0.3) is 0 Å². The average molecular weight is 1070 g/mol. The average Bonchev–Trinajstić information content (AvgIpc) is 4.36. The molecule has 13 heteroatoms. The summed E-state index contributed by atoms with van der Waals surface area (Å²) in [7, 11) is 0. The maximum atomic E-state index is 13.1. The molecule has 0 spiro atoms. The van der Waals surface area contributed by atoms with Gasteiger partial charge in [0.2, 0.25) is 12.3 Å². The maximum absolute atomic E-state index is 13.1. The molecule has 0 unspecified atom stereocenters. The van der Waals surface area contributed by atoms with E-state index in [1.807, 2.05) is 53.2 Å². The largest absolute Gasteiger partial charge is 0.444 e. The van der Waals surface area contributed by atoms with Gasteiger partial charge in [-0.25, -0.2) is 23.4 Å². The molecule has 0 aliphatic heterocycles. The standard InChI is InChI=1S/C68H65N9O4/c1-65(2,3)80-63(78)70-62(71-64(79)81-66(4,5)6)69-46-45-58-48-76(67(52-27-13-7-14-28-52,53-29-15-8-16-30-53)54-31-17-9-18-32-54)49-75(58)47-50-41-43-51(44-42-50)59-39-25-26-40-60(59)61-72-73-74-77(61)68(55-33-19-10-20-34-55,56-35-21-11-22-36-56)57-37-23-12-24-38-57/h7-44,48-49H,45-47H2,1-6H3,(H-,69,70,71,78,79)/p+1. The van der Waals surface area contributed by atoms with Gasteiger partial charge < -0.3 is 9.47 Å². The molecule has 406 valence electrons. The summed E-state index contributed by atoms with van der Waals surface area (Å²) in [5.74, 6) is 0.521. The first-order valence-corrected chi connectivity index (χ1v) is 27.2. The van der Waals surface area contributed by atoms with Crippen molar-refractivity contribution in [3.8, 4) is 22.5 Å². The quantitative estimate of drug-likeness (QED) is 0.0451. The highest BCUT2D eigenvalue weighted by molar-refractivity contribution is 6.01. The molecule has 0 aliphatic rings. The summed E-state index contributed by atoms with van der Waals surface area (Å²) in [6.45, 7) is 11.3. The van der Waals surface area contributed by atoms with Crippen LogP contribution in [0.15, 0.2) is 248 Å². The molecule has 2 N–H and O–H groups in total. The number of guanidine groups is 1. The van der Waals surface area contributed by atoms with E-state index in [0.29, 0.717) is 18.8 Å². The Morgan fingerprint density at radius 3 is 1.36 bits per heavy atom. The van der Waals surface area contributed by atoms with E-state index in [-0.39, 0.29) is 12.5 Å². The van der Waals surface area contributed by atoms with E-state index in [4.69, 9.17) is 24.8 Å². The smallest absolute Gasteiger partial charge is 0.414 e. The van der Waals surface area contributed by atoms with E-state index in [2.05, 4.69) is 219 Å². The number of rotatable bonds is 15. The van der Waals surface area contributed by atoms with E-state index in [1.165, 1.54) is 0 Å². The molecule has 0 bridgehead atoms. The van der Waals surface area contributed by atoms with Crippen LogP contribution in [0.3, 0.4) is 0 Å². The van der Waals surface area contributed by atoms with Crippen molar-refractivity contribution in [1.29, 1.82) is 0 Å². The lowest BCUT2D eigenvalue weighted by Crippen LogP contribution is -2.57. The zero-order valence-corrected chi connectivity index (χ0v) is 46.5. The summed E-state index contributed by atoms with van der Waals surface area (Å²) in [4.78, 5) is 31.0. The van der Waals surface area contributed by atoms with Crippen LogP contribution in [-0.2, 0) is 33.5 Å². The Balaban J connectivity index is 1.06. The maximum Gasteiger partial charge on any atom is 0.414 e. The van der Waals surface area contributed by atoms with Crippen LogP contribution in [0.1, 0.15) is 86.2 Å². The van der Waals surface area contributed by atoms with Crippen molar-refractivity contribution in [2.45, 2.75) is 76.8 Å². The fourth-order valence-electron chi connectivity index (χ4n) is 10.6. The summed E-state index contributed by atoms with van der Waals surface area (Å²) in [6.07, 6.45) is 3.24. The monoisotopic (exact) mass is 1070 g/mol. The zero-order chi connectivity index (χ0) is 56.5. The van der Waals surface area contributed by atoms with Crippen molar-refractivity contribution >= 4 is 18.1 Å². The number of aliphatic imine (C=N–C) groups is 1. The van der Waals surface area contributed by atoms with Gasteiger partial charge in [0.1, 0.15) is 35.2 Å². The Hall–Kier alpha value is -9.75. The van der Waals surface area contributed by atoms with E-state index in [0.717, 1.165) is 61.3 Å². The lowest BCUT2D eigenvalue weighted by Gasteiger charge is -2.36. The van der Waals surface area contributed by atoms with Crippen LogP contribution in [0.2, 0.25) is 0 Å². The number of carbonyl (C=O) groups excluding carboxylic acids is 2. The Labute approximate surface area is 473 Å². The molecule has 0 radical (unpaired) electrons. The molecule has 0 saturated heterocycles. The minimum Gasteiger partial charge on any atom is -0.444 e. The molecule has 0 fully saturated rings. The van der Waals surface area contributed by atoms with Crippen LogP contribution in [0.4, 0.5) is 9.59 Å². The molecule has 2 amide bonds. The second-order valence-electron chi connectivity index (χ2n) is 21.8. The SMILES string of the molecule is CC(C)(C)OC(=O)NC(=NCCc1c[n+](C(c2ccccc2)(c2ccccc2)c2ccccc2)cn1Cc1ccc(-c2ccccc2-c2nnnn2C(c2ccccc2)(c2ccccc2)c2ccccc2)cc1)NC(=O)OC(C)(C)C. The third kappa shape index (κ3) is 12.0. The van der Waals surface area contributed by atoms with Gasteiger partial charge in [0.05, 0.1) is 6.54 Å². The molecule has 13 nitrogen and oxygen atoms in total. The van der Waals surface area contributed by atoms with E-state index in [1.54, 1.807) is 41.5 Å². The van der Waals surface area contributed by atoms with E-state index in [9.17, 15) is 9.59 Å². The number of hydrogen-bond donors (Lipinski definition) is 2. The summed E-state index contributed by atoms with van der Waals surface area (Å²) < 4.78 is 17.6. The number of nitrogens with zero attached hydrogens (tertiary/aromatic N) is 7. The number of alkyl carbamates (subject to hydrolysis) is 2. The van der Waals surface area contributed by atoms with Gasteiger partial charge in [-0.2, -0.15) is 0 Å². The van der Waals surface area contributed by atoms with Crippen molar-refractivity contribution in [2.75, 3.05) is 6.54 Å². The molecular weight excluding hydrogens is 1010 g/mol. The van der Waals surface area contributed by atoms with Crippen LogP contribution in [-0.4, -0.2) is 60.7 Å². The number of ether oxygens (including phenoxy) is 2. The lowest BCUT2D eigenvalue weighted by atomic mass is 9.77. The topological polar surface area (TPSA) is 141 Å². The molecule has 8 aromatic carbocycles. The van der Waals surface area contributed by atoms with Crippen LogP contribution < -0.4 is 15.2 Å². The number of carbonyl (C=O) groups is 2. The number of nitrogens with one attached hydrogen (secondary N) is 2. The molecule has 0 atom stereocenters. The normalized spacial score (nSPS) is 11.8. The summed E-state index contributed by atoms with van der Waals surface area (Å²) in [6, 6.07) is 79.7. The van der Waals surface area contributed by atoms with Crippen LogP contribution >= 0.6 is 0 Å². The lowest BCUT2D eigenvalue weighted by molar-refractivity contribution is -0.734. The van der Waals surface area contributed by atoms with Crippen molar-refractivity contribution in [3.05, 3.63) is 288 Å². The first-order chi connectivity index (χ1) is 39.2. The molecule has 10 rings (SSSR count).